The third-order valence-electron chi connectivity index (χ3n) is 4.83. The predicted molar refractivity (Wildman–Crippen MR) is 91.5 cm³/mol. The molecule has 2 aliphatic rings. The number of hydrogen-bond donors (Lipinski definition) is 1. The monoisotopic (exact) mass is 330 g/mol. The molecule has 1 aliphatic heterocycles. The molecular weight excluding hydrogens is 304 g/mol. The average molecular weight is 330 g/mol. The summed E-state index contributed by atoms with van der Waals surface area (Å²) in [5.74, 6) is 1.69. The van der Waals surface area contributed by atoms with E-state index in [1.54, 1.807) is 6.20 Å². The van der Waals surface area contributed by atoms with Crippen molar-refractivity contribution in [3.8, 4) is 0 Å². The lowest BCUT2D eigenvalue weighted by Gasteiger charge is -2.34. The molecule has 1 aromatic heterocycles. The van der Waals surface area contributed by atoms with E-state index in [0.29, 0.717) is 18.9 Å². The minimum atomic E-state index is -0.0776. The number of nitrogens with one attached hydrogen (secondary N) is 1. The Labute approximate surface area is 143 Å². The lowest BCUT2D eigenvalue weighted by atomic mass is 9.90. The van der Waals surface area contributed by atoms with E-state index in [1.807, 2.05) is 6.07 Å². The number of carbonyl (C=O) groups is 2. The summed E-state index contributed by atoms with van der Waals surface area (Å²) in [6.07, 6.45) is 6.18. The Bertz CT molecular complexity index is 614. The lowest BCUT2D eigenvalue weighted by molar-refractivity contribution is -0.141. The van der Waals surface area contributed by atoms with Crippen LogP contribution in [0.25, 0.3) is 0 Å². The van der Waals surface area contributed by atoms with Gasteiger partial charge in [-0.2, -0.15) is 0 Å². The molecule has 1 aliphatic carbocycles. The van der Waals surface area contributed by atoms with Crippen molar-refractivity contribution in [2.45, 2.75) is 76.8 Å². The third kappa shape index (κ3) is 3.57. The van der Waals surface area contributed by atoms with E-state index < -0.39 is 0 Å². The number of amides is 2. The van der Waals surface area contributed by atoms with Gasteiger partial charge in [-0.15, -0.1) is 0 Å². The van der Waals surface area contributed by atoms with Gasteiger partial charge in [-0.25, -0.2) is 9.97 Å². The van der Waals surface area contributed by atoms with Gasteiger partial charge < -0.3 is 5.32 Å². The van der Waals surface area contributed by atoms with Gasteiger partial charge in [0.25, 0.3) is 0 Å². The van der Waals surface area contributed by atoms with E-state index in [1.165, 1.54) is 4.90 Å². The zero-order chi connectivity index (χ0) is 17.3. The van der Waals surface area contributed by atoms with Crippen LogP contribution in [0.2, 0.25) is 0 Å². The molecule has 2 fully saturated rings. The summed E-state index contributed by atoms with van der Waals surface area (Å²) in [4.78, 5) is 34.2. The van der Waals surface area contributed by atoms with Crippen molar-refractivity contribution in [2.75, 3.05) is 5.32 Å². The molecule has 3 rings (SSSR count). The molecule has 130 valence electrons. The Hall–Kier alpha value is -1.98. The van der Waals surface area contributed by atoms with E-state index >= 15 is 0 Å². The summed E-state index contributed by atoms with van der Waals surface area (Å²) in [5, 5.41) is 3.49. The first-order chi connectivity index (χ1) is 11.3. The van der Waals surface area contributed by atoms with Crippen LogP contribution in [0.1, 0.15) is 65.1 Å². The first-order valence-electron chi connectivity index (χ1n) is 8.79. The Kier molecular flexibility index (Phi) is 4.56. The maximum atomic E-state index is 11.9. The first-order valence-corrected chi connectivity index (χ1v) is 8.79. The number of hydrogen-bond acceptors (Lipinski definition) is 5. The summed E-state index contributed by atoms with van der Waals surface area (Å²) in [6.45, 7) is 6.30. The Balaban J connectivity index is 1.58. The SMILES string of the molecule is CC(C)(C)c1nccc(NC2CCC(N3C(=O)CCC3=O)CC2)n1. The molecule has 0 atom stereocenters. The van der Waals surface area contributed by atoms with Gasteiger partial charge in [0.15, 0.2) is 0 Å². The second-order valence-corrected chi connectivity index (χ2v) is 7.82. The molecule has 1 saturated carbocycles. The highest BCUT2D eigenvalue weighted by atomic mass is 16.2. The molecule has 24 heavy (non-hydrogen) atoms. The van der Waals surface area contributed by atoms with Crippen LogP contribution in [0, 0.1) is 0 Å². The molecule has 6 heteroatoms. The molecule has 1 aromatic rings. The molecule has 2 amide bonds. The van der Waals surface area contributed by atoms with E-state index in [9.17, 15) is 9.59 Å². The molecule has 1 N–H and O–H groups in total. The van der Waals surface area contributed by atoms with E-state index in [0.717, 1.165) is 37.3 Å². The Morgan fingerprint density at radius 1 is 1.08 bits per heavy atom. The molecule has 1 saturated heterocycles. The van der Waals surface area contributed by atoms with Gasteiger partial charge in [0.2, 0.25) is 11.8 Å². The molecule has 0 spiro atoms. The van der Waals surface area contributed by atoms with Crippen LogP contribution in [0.4, 0.5) is 5.82 Å². The minimum absolute atomic E-state index is 0.00188. The van der Waals surface area contributed by atoms with Gasteiger partial charge in [-0.05, 0) is 31.7 Å². The highest BCUT2D eigenvalue weighted by molar-refractivity contribution is 6.02. The molecule has 6 nitrogen and oxygen atoms in total. The molecule has 0 bridgehead atoms. The topological polar surface area (TPSA) is 75.2 Å². The molecular formula is C18H26N4O2. The lowest BCUT2D eigenvalue weighted by Crippen LogP contribution is -2.43. The molecule has 0 radical (unpaired) electrons. The van der Waals surface area contributed by atoms with Crippen LogP contribution >= 0.6 is 0 Å². The smallest absolute Gasteiger partial charge is 0.229 e. The highest BCUT2D eigenvalue weighted by Gasteiger charge is 2.36. The summed E-state index contributed by atoms with van der Waals surface area (Å²) in [5.41, 5.74) is -0.0776. The second-order valence-electron chi connectivity index (χ2n) is 7.82. The molecule has 2 heterocycles. The average Bonchev–Trinajstić information content (AvgIpc) is 2.87. The van der Waals surface area contributed by atoms with Crippen molar-refractivity contribution in [3.05, 3.63) is 18.1 Å². The third-order valence-corrected chi connectivity index (χ3v) is 4.83. The van der Waals surface area contributed by atoms with Crippen molar-refractivity contribution in [1.82, 2.24) is 14.9 Å². The van der Waals surface area contributed by atoms with Gasteiger partial charge in [0, 0.05) is 36.5 Å². The number of carbonyl (C=O) groups excluding carboxylic acids is 2. The first kappa shape index (κ1) is 16.9. The normalized spacial score (nSPS) is 25.2. The van der Waals surface area contributed by atoms with Crippen LogP contribution in [0.5, 0.6) is 0 Å². The zero-order valence-corrected chi connectivity index (χ0v) is 14.7. The number of imide groups is 1. The van der Waals surface area contributed by atoms with Crippen molar-refractivity contribution in [2.24, 2.45) is 0 Å². The molecule has 0 aromatic carbocycles. The summed E-state index contributed by atoms with van der Waals surface area (Å²) >= 11 is 0. The van der Waals surface area contributed by atoms with Gasteiger partial charge in [-0.3, -0.25) is 14.5 Å². The Morgan fingerprint density at radius 3 is 2.29 bits per heavy atom. The van der Waals surface area contributed by atoms with Crippen molar-refractivity contribution >= 4 is 17.6 Å². The number of rotatable bonds is 3. The molecule has 0 unspecified atom stereocenters. The Morgan fingerprint density at radius 2 is 1.71 bits per heavy atom. The number of aromatic nitrogens is 2. The largest absolute Gasteiger partial charge is 0.367 e. The summed E-state index contributed by atoms with van der Waals surface area (Å²) in [6, 6.07) is 2.31. The number of nitrogens with zero attached hydrogens (tertiary/aromatic N) is 3. The minimum Gasteiger partial charge on any atom is -0.367 e. The van der Waals surface area contributed by atoms with E-state index in [-0.39, 0.29) is 23.3 Å². The number of anilines is 1. The van der Waals surface area contributed by atoms with Crippen LogP contribution in [-0.4, -0.2) is 38.8 Å². The van der Waals surface area contributed by atoms with Crippen molar-refractivity contribution < 1.29 is 9.59 Å². The van der Waals surface area contributed by atoms with Crippen LogP contribution < -0.4 is 5.32 Å². The fraction of sp³-hybridized carbons (Fsp3) is 0.667. The fourth-order valence-corrected chi connectivity index (χ4v) is 3.49. The van der Waals surface area contributed by atoms with E-state index in [2.05, 4.69) is 36.1 Å². The summed E-state index contributed by atoms with van der Waals surface area (Å²) in [7, 11) is 0. The van der Waals surface area contributed by atoms with Crippen LogP contribution in [0.15, 0.2) is 12.3 Å². The van der Waals surface area contributed by atoms with Gasteiger partial charge in [0.05, 0.1) is 0 Å². The predicted octanol–water partition coefficient (Wildman–Crippen LogP) is 2.65. The maximum absolute atomic E-state index is 11.9. The van der Waals surface area contributed by atoms with E-state index in [4.69, 9.17) is 0 Å². The van der Waals surface area contributed by atoms with Crippen LogP contribution in [0.3, 0.4) is 0 Å². The fourth-order valence-electron chi connectivity index (χ4n) is 3.49. The quantitative estimate of drug-likeness (QED) is 0.862. The van der Waals surface area contributed by atoms with Gasteiger partial charge >= 0.3 is 0 Å². The van der Waals surface area contributed by atoms with Crippen molar-refractivity contribution in [3.63, 3.8) is 0 Å². The highest BCUT2D eigenvalue weighted by Crippen LogP contribution is 2.29. The second kappa shape index (κ2) is 6.49. The standard InChI is InChI=1S/C18H26N4O2/c1-18(2,3)17-19-11-10-14(21-17)20-12-4-6-13(7-5-12)22-15(23)8-9-16(22)24/h10-13H,4-9H2,1-3H3,(H,19,20,21). The van der Waals surface area contributed by atoms with Gasteiger partial charge in [0.1, 0.15) is 11.6 Å². The summed E-state index contributed by atoms with van der Waals surface area (Å²) < 4.78 is 0. The van der Waals surface area contributed by atoms with Crippen LogP contribution in [-0.2, 0) is 15.0 Å². The van der Waals surface area contributed by atoms with Gasteiger partial charge in [-0.1, -0.05) is 20.8 Å². The van der Waals surface area contributed by atoms with Crippen molar-refractivity contribution in [1.29, 1.82) is 0 Å². The maximum Gasteiger partial charge on any atom is 0.229 e. The number of likely N-dealkylation sites (tertiary alicyclic amines) is 1. The zero-order valence-electron chi connectivity index (χ0n) is 14.7.